The van der Waals surface area contributed by atoms with E-state index < -0.39 is 11.5 Å². The van der Waals surface area contributed by atoms with Gasteiger partial charge < -0.3 is 5.11 Å². The second-order valence-electron chi connectivity index (χ2n) is 5.40. The molecule has 1 saturated carbocycles. The molecule has 0 amide bonds. The molecule has 1 nitrogen and oxygen atoms in total. The van der Waals surface area contributed by atoms with E-state index in [0.29, 0.717) is 12.8 Å². The topological polar surface area (TPSA) is 20.2 Å². The molecule has 2 aromatic rings. The van der Waals surface area contributed by atoms with Crippen molar-refractivity contribution in [3.05, 3.63) is 71.3 Å². The summed E-state index contributed by atoms with van der Waals surface area (Å²) in [6, 6.07) is 13.8. The molecule has 0 spiro atoms. The molecule has 0 aliphatic heterocycles. The first kappa shape index (κ1) is 13.3. The van der Waals surface area contributed by atoms with Crippen molar-refractivity contribution in [1.82, 2.24) is 0 Å². The molecule has 1 fully saturated rings. The van der Waals surface area contributed by atoms with Gasteiger partial charge in [0.05, 0.1) is 5.60 Å². The average Bonchev–Trinajstić information content (AvgIpc) is 2.46. The second-order valence-corrected chi connectivity index (χ2v) is 5.40. The van der Waals surface area contributed by atoms with Crippen LogP contribution < -0.4 is 0 Å². The molecule has 0 saturated heterocycles. The van der Waals surface area contributed by atoms with Crippen molar-refractivity contribution in [3.8, 4) is 0 Å². The smallest absolute Gasteiger partial charge is 0.298 e. The van der Waals surface area contributed by atoms with Gasteiger partial charge in [-0.3, -0.25) is 0 Å². The van der Waals surface area contributed by atoms with Gasteiger partial charge >= 0.3 is 0 Å². The van der Waals surface area contributed by atoms with Crippen LogP contribution in [-0.4, -0.2) is 5.11 Å². The van der Waals surface area contributed by atoms with Crippen LogP contribution in [-0.2, 0) is 11.5 Å². The number of halogens is 2. The van der Waals surface area contributed by atoms with E-state index in [-0.39, 0.29) is 11.1 Å². The number of alkyl halides is 2. The third-order valence-electron chi connectivity index (χ3n) is 4.10. The molecule has 0 heterocycles. The van der Waals surface area contributed by atoms with Crippen LogP contribution in [0.1, 0.15) is 36.0 Å². The van der Waals surface area contributed by atoms with Gasteiger partial charge in [0.15, 0.2) is 0 Å². The van der Waals surface area contributed by atoms with Crippen LogP contribution >= 0.6 is 0 Å². The Balaban J connectivity index is 1.91. The lowest BCUT2D eigenvalue weighted by atomic mass is 9.75. The summed E-state index contributed by atoms with van der Waals surface area (Å²) in [5, 5.41) is 10.2. The summed E-state index contributed by atoms with van der Waals surface area (Å²) < 4.78 is 28.7. The third-order valence-corrected chi connectivity index (χ3v) is 4.10. The van der Waals surface area contributed by atoms with Gasteiger partial charge in [-0.2, -0.15) is 8.78 Å². The largest absolute Gasteiger partial charge is 0.385 e. The van der Waals surface area contributed by atoms with E-state index in [9.17, 15) is 13.9 Å². The van der Waals surface area contributed by atoms with Crippen LogP contribution in [0.15, 0.2) is 54.6 Å². The lowest BCUT2D eigenvalue weighted by molar-refractivity contribution is -0.0389. The quantitative estimate of drug-likeness (QED) is 0.889. The molecule has 0 unspecified atom stereocenters. The Bertz CT molecular complexity index is 586. The highest BCUT2D eigenvalue weighted by atomic mass is 19.3. The maximum atomic E-state index is 14.3. The van der Waals surface area contributed by atoms with E-state index in [2.05, 4.69) is 0 Å². The van der Waals surface area contributed by atoms with Crippen molar-refractivity contribution >= 4 is 0 Å². The zero-order valence-electron chi connectivity index (χ0n) is 11.0. The molecule has 0 bridgehead atoms. The predicted molar refractivity (Wildman–Crippen MR) is 73.6 cm³/mol. The molecule has 2 aromatic carbocycles. The lowest BCUT2D eigenvalue weighted by Crippen LogP contribution is -2.33. The Morgan fingerprint density at radius 3 is 1.90 bits per heavy atom. The second kappa shape index (κ2) is 4.67. The highest BCUT2D eigenvalue weighted by Gasteiger charge is 2.38. The van der Waals surface area contributed by atoms with Gasteiger partial charge in [0, 0.05) is 11.1 Å². The highest BCUT2D eigenvalue weighted by Crippen LogP contribution is 2.42. The fourth-order valence-electron chi connectivity index (χ4n) is 2.60. The molecule has 1 aliphatic rings. The summed E-state index contributed by atoms with van der Waals surface area (Å²) in [4.78, 5) is 0. The van der Waals surface area contributed by atoms with E-state index in [1.54, 1.807) is 30.3 Å². The normalized spacial score (nSPS) is 17.6. The monoisotopic (exact) mass is 274 g/mol. The van der Waals surface area contributed by atoms with Gasteiger partial charge in [-0.1, -0.05) is 54.6 Å². The Morgan fingerprint density at radius 1 is 0.850 bits per heavy atom. The summed E-state index contributed by atoms with van der Waals surface area (Å²) in [5.41, 5.74) is -0.137. The summed E-state index contributed by atoms with van der Waals surface area (Å²) in [6.45, 7) is 0. The number of benzene rings is 2. The lowest BCUT2D eigenvalue weighted by Gasteiger charge is -2.37. The zero-order chi connectivity index (χ0) is 14.2. The minimum absolute atomic E-state index is 0.0184. The predicted octanol–water partition coefficient (Wildman–Crippen LogP) is 4.20. The van der Waals surface area contributed by atoms with Crippen molar-refractivity contribution < 1.29 is 13.9 Å². The SMILES string of the molecule is OC1(c2ccc(C(F)(F)c3ccccc3)cc2)CCC1. The van der Waals surface area contributed by atoms with Crippen LogP contribution in [0.5, 0.6) is 0 Å². The molecule has 1 N–H and O–H groups in total. The molecule has 0 aromatic heterocycles. The third kappa shape index (κ3) is 2.12. The fourth-order valence-corrected chi connectivity index (χ4v) is 2.60. The molecule has 3 heteroatoms. The Labute approximate surface area is 116 Å². The number of aliphatic hydroxyl groups is 1. The maximum absolute atomic E-state index is 14.3. The molecule has 1 aliphatic carbocycles. The highest BCUT2D eigenvalue weighted by molar-refractivity contribution is 5.36. The number of hydrogen-bond donors (Lipinski definition) is 1. The van der Waals surface area contributed by atoms with Gasteiger partial charge in [0.2, 0.25) is 0 Å². The summed E-state index contributed by atoms with van der Waals surface area (Å²) in [6.07, 6.45) is 2.40. The number of rotatable bonds is 3. The van der Waals surface area contributed by atoms with Gasteiger partial charge in [-0.25, -0.2) is 0 Å². The van der Waals surface area contributed by atoms with Crippen LogP contribution in [0.4, 0.5) is 8.78 Å². The van der Waals surface area contributed by atoms with Crippen molar-refractivity contribution in [2.75, 3.05) is 0 Å². The van der Waals surface area contributed by atoms with Crippen molar-refractivity contribution in [2.45, 2.75) is 30.8 Å². The Morgan fingerprint density at radius 2 is 1.40 bits per heavy atom. The van der Waals surface area contributed by atoms with Crippen LogP contribution in [0, 0.1) is 0 Å². The fraction of sp³-hybridized carbons (Fsp3) is 0.294. The van der Waals surface area contributed by atoms with E-state index in [4.69, 9.17) is 0 Å². The Kier molecular flexibility index (Phi) is 3.09. The first-order chi connectivity index (χ1) is 9.52. The Hall–Kier alpha value is -1.74. The molecular formula is C17H16F2O. The van der Waals surface area contributed by atoms with Crippen molar-refractivity contribution in [1.29, 1.82) is 0 Å². The molecule has 104 valence electrons. The van der Waals surface area contributed by atoms with Gasteiger partial charge in [-0.15, -0.1) is 0 Å². The molecule has 0 atom stereocenters. The zero-order valence-corrected chi connectivity index (χ0v) is 11.0. The number of hydrogen-bond acceptors (Lipinski definition) is 1. The van der Waals surface area contributed by atoms with Gasteiger partial charge in [0.1, 0.15) is 0 Å². The molecule has 20 heavy (non-hydrogen) atoms. The van der Waals surface area contributed by atoms with E-state index in [1.165, 1.54) is 24.3 Å². The maximum Gasteiger partial charge on any atom is 0.298 e. The molecular weight excluding hydrogens is 258 g/mol. The summed E-state index contributed by atoms with van der Waals surface area (Å²) >= 11 is 0. The molecule has 3 rings (SSSR count). The van der Waals surface area contributed by atoms with Crippen molar-refractivity contribution in [3.63, 3.8) is 0 Å². The first-order valence-corrected chi connectivity index (χ1v) is 6.79. The van der Waals surface area contributed by atoms with Crippen LogP contribution in [0.3, 0.4) is 0 Å². The van der Waals surface area contributed by atoms with Gasteiger partial charge in [-0.05, 0) is 24.8 Å². The molecule has 0 radical (unpaired) electrons. The van der Waals surface area contributed by atoms with E-state index in [1.807, 2.05) is 0 Å². The first-order valence-electron chi connectivity index (χ1n) is 6.79. The summed E-state index contributed by atoms with van der Waals surface area (Å²) in [5.74, 6) is -3.01. The van der Waals surface area contributed by atoms with E-state index >= 15 is 0 Å². The minimum atomic E-state index is -3.01. The van der Waals surface area contributed by atoms with Gasteiger partial charge in [0.25, 0.3) is 5.92 Å². The minimum Gasteiger partial charge on any atom is -0.385 e. The average molecular weight is 274 g/mol. The standard InChI is InChI=1S/C17H16F2O/c18-17(19,14-5-2-1-3-6-14)15-9-7-13(8-10-15)16(20)11-4-12-16/h1-3,5-10,20H,4,11-12H2. The van der Waals surface area contributed by atoms with Crippen molar-refractivity contribution in [2.24, 2.45) is 0 Å². The summed E-state index contributed by atoms with van der Waals surface area (Å²) in [7, 11) is 0. The van der Waals surface area contributed by atoms with E-state index in [0.717, 1.165) is 12.0 Å². The van der Waals surface area contributed by atoms with Crippen LogP contribution in [0.25, 0.3) is 0 Å². The van der Waals surface area contributed by atoms with Crippen LogP contribution in [0.2, 0.25) is 0 Å².